The van der Waals surface area contributed by atoms with Crippen molar-refractivity contribution in [2.75, 3.05) is 33.8 Å². The molecule has 1 aromatic carbocycles. The fourth-order valence-electron chi connectivity index (χ4n) is 11.6. The number of carbonyl (C=O) groups excluding carboxylic acids is 10. The van der Waals surface area contributed by atoms with E-state index in [9.17, 15) is 38.7 Å². The van der Waals surface area contributed by atoms with Gasteiger partial charge in [0.25, 0.3) is 0 Å². The molecule has 4 fully saturated rings. The van der Waals surface area contributed by atoms with E-state index in [1.165, 1.54) is 42.7 Å². The number of rotatable bonds is 14. The number of aliphatic hydroxyl groups is 1. The molecule has 0 aromatic heterocycles. The minimum Gasteiger partial charge on any atom is -0.497 e. The Bertz CT molecular complexity index is 2410. The van der Waals surface area contributed by atoms with E-state index >= 15 is 14.4 Å². The van der Waals surface area contributed by atoms with Gasteiger partial charge in [-0.3, -0.25) is 43.2 Å². The van der Waals surface area contributed by atoms with E-state index in [1.54, 1.807) is 70.7 Å². The summed E-state index contributed by atoms with van der Waals surface area (Å²) in [5, 5.41) is 20.3. The van der Waals surface area contributed by atoms with Crippen molar-refractivity contribution < 1.29 is 67.3 Å². The van der Waals surface area contributed by atoms with Crippen molar-refractivity contribution in [3.05, 3.63) is 29.8 Å². The number of cyclic esters (lactones) is 2. The molecule has 0 saturated carbocycles. The van der Waals surface area contributed by atoms with Crippen molar-refractivity contribution in [1.29, 1.82) is 0 Å². The number of amides is 7. The van der Waals surface area contributed by atoms with Gasteiger partial charge in [0.1, 0.15) is 47.6 Å². The number of hydrogen-bond acceptors (Lipinski definition) is 14. The first-order valence-corrected chi connectivity index (χ1v) is 28.9. The molecule has 5 rings (SSSR count). The Hall–Kier alpha value is -6.12. The molecule has 1 spiro atoms. The molecule has 0 radical (unpaired) electrons. The quantitative estimate of drug-likeness (QED) is 0.153. The lowest BCUT2D eigenvalue weighted by atomic mass is 9.91. The highest BCUT2D eigenvalue weighted by Crippen LogP contribution is 2.41. The number of methoxy groups -OCH3 is 1. The van der Waals surface area contributed by atoms with Crippen molar-refractivity contribution in [1.82, 2.24) is 35.6 Å². The molecular formula is C59H91N7O14. The SMILES string of the molecule is CC[C@H](C)[C@H]1NC(=O)[C@H](NC(=O)C(CC(C)C)N2CCC3(CCCN3C(=O)C(C)C)C2=O)[C@@H](C)OC(=O)[C@H](Cc2ccc(OC)cc2)N(C)C(=O)[C@@H]2CCCN2C(=O)[C@H](CC(C)C)NC(=O)[C@@H](C)C(=O)[C@H](C(C)C)OC(=O)C[C@@H]1O. The van der Waals surface area contributed by atoms with Crippen LogP contribution in [0.4, 0.5) is 0 Å². The minimum atomic E-state index is -1.72. The molecule has 4 heterocycles. The fourth-order valence-corrected chi connectivity index (χ4v) is 11.6. The highest BCUT2D eigenvalue weighted by molar-refractivity contribution is 6.05. The molecule has 0 aliphatic carbocycles. The molecular weight excluding hydrogens is 1030 g/mol. The summed E-state index contributed by atoms with van der Waals surface area (Å²) < 4.78 is 17.3. The Morgan fingerprint density at radius 1 is 0.838 bits per heavy atom. The van der Waals surface area contributed by atoms with Crippen molar-refractivity contribution in [2.45, 2.75) is 207 Å². The summed E-state index contributed by atoms with van der Waals surface area (Å²) in [6.45, 7) is 21.3. The van der Waals surface area contributed by atoms with Crippen LogP contribution < -0.4 is 20.7 Å². The number of carbonyl (C=O) groups is 10. The van der Waals surface area contributed by atoms with E-state index < -0.39 is 132 Å². The Morgan fingerprint density at radius 2 is 1.50 bits per heavy atom. The highest BCUT2D eigenvalue weighted by Gasteiger charge is 2.57. The number of esters is 2. The third-order valence-electron chi connectivity index (χ3n) is 16.5. The summed E-state index contributed by atoms with van der Waals surface area (Å²) >= 11 is 0. The van der Waals surface area contributed by atoms with Gasteiger partial charge >= 0.3 is 11.9 Å². The zero-order valence-corrected chi connectivity index (χ0v) is 49.7. The molecule has 446 valence electrons. The zero-order chi connectivity index (χ0) is 59.7. The molecule has 7 amide bonds. The fraction of sp³-hybridized carbons (Fsp3) is 0.729. The molecule has 21 heteroatoms. The molecule has 4 aliphatic rings. The van der Waals surface area contributed by atoms with E-state index in [-0.39, 0.29) is 68.3 Å². The second kappa shape index (κ2) is 28.0. The Balaban J connectivity index is 1.62. The molecule has 4 N–H and O–H groups in total. The molecule has 4 aliphatic heterocycles. The standard InChI is InChI=1S/C59H91N7O14/c1-15-36(10)47-45(67)31-46(68)80-50(34(6)7)49(69)37(11)51(70)60-41(28-32(2)3)55(74)64-25-16-18-42(64)56(75)63(13)44(30-39-19-21-40(78-14)22-20-39)57(76)79-38(12)48(53(72)61-47)62-52(71)43(29-33(4)5)65-27-24-59(58(65)77)23-17-26-66(59)54(73)35(8)9/h19-22,32-38,41-45,47-48,50,67H,15-18,23-31H2,1-14H3,(H,60,70)(H,61,72)(H,62,71)/t36-,37-,38+,41-,42-,43?,44-,45-,47+,48+,50-,59?/m0/s1. The number of benzene rings is 1. The molecule has 2 unspecified atom stereocenters. The van der Waals surface area contributed by atoms with Crippen LogP contribution in [-0.2, 0) is 63.8 Å². The summed E-state index contributed by atoms with van der Waals surface area (Å²) in [4.78, 5) is 151. The average Bonchev–Trinajstić information content (AvgIpc) is 4.16. The normalized spacial score (nSPS) is 29.1. The van der Waals surface area contributed by atoms with Gasteiger partial charge in [-0.25, -0.2) is 4.79 Å². The van der Waals surface area contributed by atoms with Gasteiger partial charge in [-0.15, -0.1) is 0 Å². The van der Waals surface area contributed by atoms with Crippen LogP contribution in [-0.4, -0.2) is 178 Å². The van der Waals surface area contributed by atoms with Gasteiger partial charge in [0.2, 0.25) is 41.4 Å². The van der Waals surface area contributed by atoms with Crippen LogP contribution in [0.25, 0.3) is 0 Å². The third kappa shape index (κ3) is 15.1. The largest absolute Gasteiger partial charge is 0.497 e. The van der Waals surface area contributed by atoms with Crippen molar-refractivity contribution in [3.8, 4) is 5.75 Å². The van der Waals surface area contributed by atoms with Crippen LogP contribution in [0.1, 0.15) is 146 Å². The van der Waals surface area contributed by atoms with Crippen LogP contribution >= 0.6 is 0 Å². The number of fused-ring (bicyclic) bond motifs is 1. The number of nitrogens with one attached hydrogen (secondary N) is 3. The van der Waals surface area contributed by atoms with Crippen LogP contribution in [0, 0.1) is 35.5 Å². The zero-order valence-electron chi connectivity index (χ0n) is 49.7. The summed E-state index contributed by atoms with van der Waals surface area (Å²) in [6, 6.07) is -0.900. The minimum absolute atomic E-state index is 0.110. The van der Waals surface area contributed by atoms with Crippen molar-refractivity contribution in [3.63, 3.8) is 0 Å². The smallest absolute Gasteiger partial charge is 0.329 e. The first-order valence-electron chi connectivity index (χ1n) is 28.9. The molecule has 12 atom stereocenters. The number of ether oxygens (including phenoxy) is 3. The van der Waals surface area contributed by atoms with Crippen LogP contribution in [0.15, 0.2) is 24.3 Å². The Labute approximate surface area is 472 Å². The maximum absolute atomic E-state index is 15.1. The average molecular weight is 1120 g/mol. The number of nitrogens with zero attached hydrogens (tertiary/aromatic N) is 4. The maximum Gasteiger partial charge on any atom is 0.329 e. The van der Waals surface area contributed by atoms with Gasteiger partial charge in [0.15, 0.2) is 11.9 Å². The second-order valence-electron chi connectivity index (χ2n) is 24.2. The molecule has 0 bridgehead atoms. The first kappa shape index (κ1) is 64.7. The van der Waals surface area contributed by atoms with Gasteiger partial charge < -0.3 is 54.9 Å². The Morgan fingerprint density at radius 3 is 2.09 bits per heavy atom. The van der Waals surface area contributed by atoms with E-state index in [1.807, 2.05) is 27.7 Å². The van der Waals surface area contributed by atoms with Gasteiger partial charge in [-0.05, 0) is 100 Å². The number of likely N-dealkylation sites (N-methyl/N-ethyl adjacent to an activating group) is 1. The van der Waals surface area contributed by atoms with Gasteiger partial charge in [0.05, 0.1) is 31.6 Å². The predicted octanol–water partition coefficient (Wildman–Crippen LogP) is 3.74. The summed E-state index contributed by atoms with van der Waals surface area (Å²) in [7, 11) is 2.92. The Kier molecular flexibility index (Phi) is 22.7. The topological polar surface area (TPSA) is 268 Å². The summed E-state index contributed by atoms with van der Waals surface area (Å²) in [5.74, 6) is -9.59. The number of aliphatic hydroxyl groups excluding tert-OH is 1. The van der Waals surface area contributed by atoms with E-state index in [4.69, 9.17) is 14.2 Å². The number of ketones is 1. The third-order valence-corrected chi connectivity index (χ3v) is 16.5. The van der Waals surface area contributed by atoms with Crippen LogP contribution in [0.2, 0.25) is 0 Å². The lowest BCUT2D eigenvalue weighted by Gasteiger charge is -2.37. The monoisotopic (exact) mass is 1120 g/mol. The van der Waals surface area contributed by atoms with Crippen LogP contribution in [0.3, 0.4) is 0 Å². The maximum atomic E-state index is 15.1. The van der Waals surface area contributed by atoms with Gasteiger partial charge in [0, 0.05) is 39.0 Å². The lowest BCUT2D eigenvalue weighted by Crippen LogP contribution is -2.62. The van der Waals surface area contributed by atoms with Gasteiger partial charge in [-0.2, -0.15) is 0 Å². The van der Waals surface area contributed by atoms with Crippen LogP contribution in [0.5, 0.6) is 5.75 Å². The summed E-state index contributed by atoms with van der Waals surface area (Å²) in [6.07, 6.45) is -2.78. The number of likely N-dealkylation sites (tertiary alicyclic amines) is 2. The van der Waals surface area contributed by atoms with E-state index in [0.29, 0.717) is 50.0 Å². The lowest BCUT2D eigenvalue weighted by molar-refractivity contribution is -0.163. The summed E-state index contributed by atoms with van der Waals surface area (Å²) in [5.41, 5.74) is -0.546. The number of Topliss-reactive ketones (excluding diaryl/α,β-unsaturated/α-hetero) is 1. The van der Waals surface area contributed by atoms with E-state index in [2.05, 4.69) is 16.0 Å². The van der Waals surface area contributed by atoms with Crippen molar-refractivity contribution in [2.24, 2.45) is 35.5 Å². The molecule has 4 saturated heterocycles. The first-order chi connectivity index (χ1) is 37.6. The predicted molar refractivity (Wildman–Crippen MR) is 296 cm³/mol. The van der Waals surface area contributed by atoms with Gasteiger partial charge in [-0.1, -0.05) is 87.8 Å². The molecule has 1 aromatic rings. The molecule has 80 heavy (non-hydrogen) atoms. The highest BCUT2D eigenvalue weighted by atomic mass is 16.6. The second-order valence-corrected chi connectivity index (χ2v) is 24.2. The van der Waals surface area contributed by atoms with E-state index in [0.717, 1.165) is 0 Å². The van der Waals surface area contributed by atoms with Crippen molar-refractivity contribution >= 4 is 59.1 Å². The molecule has 21 nitrogen and oxygen atoms in total. The number of hydrogen-bond donors (Lipinski definition) is 4.